The van der Waals surface area contributed by atoms with E-state index in [0.29, 0.717) is 0 Å². The van der Waals surface area contributed by atoms with Gasteiger partial charge in [0.25, 0.3) is 0 Å². The number of aryl methyl sites for hydroxylation is 1. The minimum Gasteiger partial charge on any atom is -0.497 e. The Balaban J connectivity index is 2.03. The van der Waals surface area contributed by atoms with Crippen LogP contribution >= 0.6 is 15.9 Å². The molecule has 3 aromatic carbocycles. The van der Waals surface area contributed by atoms with Crippen LogP contribution in [-0.2, 0) is 0 Å². The van der Waals surface area contributed by atoms with Gasteiger partial charge in [0.15, 0.2) is 0 Å². The van der Waals surface area contributed by atoms with E-state index in [1.165, 1.54) is 27.5 Å². The predicted octanol–water partition coefficient (Wildman–Crippen LogP) is 5.64. The smallest absolute Gasteiger partial charge is 0.119 e. The van der Waals surface area contributed by atoms with Crippen LogP contribution in [0.4, 0.5) is 0 Å². The largest absolute Gasteiger partial charge is 0.497 e. The molecule has 1 unspecified atom stereocenters. The summed E-state index contributed by atoms with van der Waals surface area (Å²) in [6, 6.07) is 21.2. The number of halogens is 1. The normalized spacial score (nSPS) is 12.3. The Labute approximate surface area is 133 Å². The molecule has 0 amide bonds. The average Bonchev–Trinajstić information content (AvgIpc) is 2.53. The SMILES string of the molecule is COc1ccc2cc(C(Br)c3ccccc3C)ccc2c1. The zero-order chi connectivity index (χ0) is 14.8. The van der Waals surface area contributed by atoms with E-state index in [2.05, 4.69) is 77.5 Å². The van der Waals surface area contributed by atoms with Crippen molar-refractivity contribution in [1.82, 2.24) is 0 Å². The number of hydrogen-bond donors (Lipinski definition) is 0. The summed E-state index contributed by atoms with van der Waals surface area (Å²) in [6.45, 7) is 2.15. The molecule has 0 bridgehead atoms. The lowest BCUT2D eigenvalue weighted by molar-refractivity contribution is 0.415. The Hall–Kier alpha value is -1.80. The fourth-order valence-corrected chi connectivity index (χ4v) is 3.38. The van der Waals surface area contributed by atoms with Crippen molar-refractivity contribution in [3.63, 3.8) is 0 Å². The van der Waals surface area contributed by atoms with Crippen LogP contribution in [-0.4, -0.2) is 7.11 Å². The number of methoxy groups -OCH3 is 1. The van der Waals surface area contributed by atoms with E-state index in [1.54, 1.807) is 7.11 Å². The second-order valence-electron chi connectivity index (χ2n) is 5.19. The summed E-state index contributed by atoms with van der Waals surface area (Å²) in [7, 11) is 1.70. The summed E-state index contributed by atoms with van der Waals surface area (Å²) in [5.41, 5.74) is 3.88. The number of ether oxygens (including phenoxy) is 1. The van der Waals surface area contributed by atoms with Crippen LogP contribution in [0, 0.1) is 6.92 Å². The van der Waals surface area contributed by atoms with Gasteiger partial charge in [-0.05, 0) is 52.6 Å². The van der Waals surface area contributed by atoms with Crippen molar-refractivity contribution < 1.29 is 4.74 Å². The summed E-state index contributed by atoms with van der Waals surface area (Å²) in [5, 5.41) is 2.42. The zero-order valence-electron chi connectivity index (χ0n) is 12.1. The molecule has 0 saturated carbocycles. The Morgan fingerprint density at radius 2 is 1.62 bits per heavy atom. The third-order valence-corrected chi connectivity index (χ3v) is 4.85. The summed E-state index contributed by atoms with van der Waals surface area (Å²) >= 11 is 3.83. The topological polar surface area (TPSA) is 9.23 Å². The predicted molar refractivity (Wildman–Crippen MR) is 92.4 cm³/mol. The van der Waals surface area contributed by atoms with E-state index < -0.39 is 0 Å². The molecule has 1 atom stereocenters. The third kappa shape index (κ3) is 2.81. The average molecular weight is 341 g/mol. The maximum Gasteiger partial charge on any atom is 0.119 e. The lowest BCUT2D eigenvalue weighted by atomic mass is 9.98. The highest BCUT2D eigenvalue weighted by molar-refractivity contribution is 9.09. The lowest BCUT2D eigenvalue weighted by Gasteiger charge is -2.14. The number of hydrogen-bond acceptors (Lipinski definition) is 1. The molecule has 0 saturated heterocycles. The standard InChI is InChI=1S/C19H17BrO/c1-13-5-3-4-6-18(13)19(20)16-8-7-15-12-17(21-2)10-9-14(15)11-16/h3-12,19H,1-2H3. The van der Waals surface area contributed by atoms with Crippen LogP contribution in [0.2, 0.25) is 0 Å². The molecule has 0 fully saturated rings. The van der Waals surface area contributed by atoms with Crippen LogP contribution < -0.4 is 4.74 Å². The van der Waals surface area contributed by atoms with Gasteiger partial charge < -0.3 is 4.74 Å². The highest BCUT2D eigenvalue weighted by Crippen LogP contribution is 2.34. The molecule has 0 heterocycles. The van der Waals surface area contributed by atoms with Gasteiger partial charge in [-0.2, -0.15) is 0 Å². The summed E-state index contributed by atoms with van der Waals surface area (Å²) in [5.74, 6) is 0.893. The van der Waals surface area contributed by atoms with Gasteiger partial charge in [0.05, 0.1) is 11.9 Å². The zero-order valence-corrected chi connectivity index (χ0v) is 13.7. The van der Waals surface area contributed by atoms with Gasteiger partial charge in [-0.15, -0.1) is 0 Å². The van der Waals surface area contributed by atoms with Gasteiger partial charge in [0, 0.05) is 0 Å². The first-order valence-corrected chi connectivity index (χ1v) is 7.88. The van der Waals surface area contributed by atoms with E-state index in [-0.39, 0.29) is 4.83 Å². The molecule has 106 valence electrons. The minimum atomic E-state index is 0.213. The number of fused-ring (bicyclic) bond motifs is 1. The van der Waals surface area contributed by atoms with Gasteiger partial charge in [-0.3, -0.25) is 0 Å². The first-order valence-electron chi connectivity index (χ1n) is 6.96. The van der Waals surface area contributed by atoms with E-state index in [1.807, 2.05) is 6.07 Å². The molecule has 0 spiro atoms. The first kappa shape index (κ1) is 14.2. The molecule has 3 rings (SSSR count). The van der Waals surface area contributed by atoms with Crippen molar-refractivity contribution in [3.8, 4) is 5.75 Å². The van der Waals surface area contributed by atoms with Crippen molar-refractivity contribution >= 4 is 26.7 Å². The van der Waals surface area contributed by atoms with E-state index in [9.17, 15) is 0 Å². The van der Waals surface area contributed by atoms with Crippen molar-refractivity contribution in [2.24, 2.45) is 0 Å². The molecule has 0 aliphatic rings. The Bertz CT molecular complexity index is 779. The fraction of sp³-hybridized carbons (Fsp3) is 0.158. The molecular weight excluding hydrogens is 324 g/mol. The summed E-state index contributed by atoms with van der Waals surface area (Å²) in [6.07, 6.45) is 0. The van der Waals surface area contributed by atoms with Gasteiger partial charge in [-0.1, -0.05) is 58.4 Å². The number of benzene rings is 3. The van der Waals surface area contributed by atoms with Crippen LogP contribution in [0.1, 0.15) is 21.5 Å². The highest BCUT2D eigenvalue weighted by Gasteiger charge is 2.12. The summed E-state index contributed by atoms with van der Waals surface area (Å²) < 4.78 is 5.28. The van der Waals surface area contributed by atoms with Gasteiger partial charge in [0.2, 0.25) is 0 Å². The summed E-state index contributed by atoms with van der Waals surface area (Å²) in [4.78, 5) is 0.213. The lowest BCUT2D eigenvalue weighted by Crippen LogP contribution is -1.95. The van der Waals surface area contributed by atoms with Crippen LogP contribution in [0.5, 0.6) is 5.75 Å². The third-order valence-electron chi connectivity index (χ3n) is 3.83. The number of alkyl halides is 1. The second kappa shape index (κ2) is 5.90. The van der Waals surface area contributed by atoms with Crippen molar-refractivity contribution in [2.45, 2.75) is 11.8 Å². The monoisotopic (exact) mass is 340 g/mol. The number of rotatable bonds is 3. The van der Waals surface area contributed by atoms with Crippen molar-refractivity contribution in [2.75, 3.05) is 7.11 Å². The molecular formula is C19H17BrO. The first-order chi connectivity index (χ1) is 10.2. The fourth-order valence-electron chi connectivity index (χ4n) is 2.58. The van der Waals surface area contributed by atoms with Crippen LogP contribution in [0.25, 0.3) is 10.8 Å². The minimum absolute atomic E-state index is 0.213. The quantitative estimate of drug-likeness (QED) is 0.560. The molecule has 2 heteroatoms. The molecule has 0 aliphatic carbocycles. The molecule has 0 radical (unpaired) electrons. The Morgan fingerprint density at radius 3 is 2.38 bits per heavy atom. The van der Waals surface area contributed by atoms with Crippen LogP contribution in [0.15, 0.2) is 60.7 Å². The molecule has 3 aromatic rings. The van der Waals surface area contributed by atoms with E-state index in [0.717, 1.165) is 5.75 Å². The maximum atomic E-state index is 5.28. The molecule has 0 aliphatic heterocycles. The Morgan fingerprint density at radius 1 is 0.905 bits per heavy atom. The van der Waals surface area contributed by atoms with Gasteiger partial charge in [0.1, 0.15) is 5.75 Å². The van der Waals surface area contributed by atoms with E-state index in [4.69, 9.17) is 4.74 Å². The molecule has 0 aromatic heterocycles. The van der Waals surface area contributed by atoms with Crippen molar-refractivity contribution in [1.29, 1.82) is 0 Å². The van der Waals surface area contributed by atoms with Crippen LogP contribution in [0.3, 0.4) is 0 Å². The molecule has 21 heavy (non-hydrogen) atoms. The highest BCUT2D eigenvalue weighted by atomic mass is 79.9. The van der Waals surface area contributed by atoms with Gasteiger partial charge in [-0.25, -0.2) is 0 Å². The molecule has 1 nitrogen and oxygen atoms in total. The van der Waals surface area contributed by atoms with Gasteiger partial charge >= 0.3 is 0 Å². The van der Waals surface area contributed by atoms with E-state index >= 15 is 0 Å². The van der Waals surface area contributed by atoms with Crippen molar-refractivity contribution in [3.05, 3.63) is 77.4 Å². The Kier molecular flexibility index (Phi) is 3.98. The second-order valence-corrected chi connectivity index (χ2v) is 6.11. The molecule has 0 N–H and O–H groups in total. The maximum absolute atomic E-state index is 5.28.